The molecule has 2 atom stereocenters. The molecule has 0 saturated carbocycles. The molecule has 4 aromatic carbocycles. The van der Waals surface area contributed by atoms with Crippen molar-refractivity contribution in [1.29, 1.82) is 0 Å². The number of nitrogens with zero attached hydrogens (tertiary/aromatic N) is 2. The Morgan fingerprint density at radius 3 is 2.06 bits per heavy atom. The Kier molecular flexibility index (Phi) is 11.5. The highest BCUT2D eigenvalue weighted by molar-refractivity contribution is 7.92. The summed E-state index contributed by atoms with van der Waals surface area (Å²) in [6.45, 7) is 4.73. The fraction of sp³-hybridized carbons (Fsp3) is 0.278. The highest BCUT2D eigenvalue weighted by atomic mass is 32.2. The van der Waals surface area contributed by atoms with Crippen LogP contribution in [0.4, 0.5) is 18.9 Å². The van der Waals surface area contributed by atoms with Crippen LogP contribution in [0.5, 0.6) is 0 Å². The fourth-order valence-corrected chi connectivity index (χ4v) is 6.52. The van der Waals surface area contributed by atoms with Gasteiger partial charge in [0, 0.05) is 19.0 Å². The minimum absolute atomic E-state index is 0.0479. The SMILES string of the molecule is CC[C@H](C)NC(=O)[C@H](Cc1ccccc1)N(Cc1cccc(C)c1)C(=O)CN(c1cccc(C(F)(F)F)c1)S(=O)(=O)c1ccccc1. The molecule has 0 aliphatic rings. The van der Waals surface area contributed by atoms with Crippen molar-refractivity contribution in [3.05, 3.63) is 131 Å². The molecule has 0 radical (unpaired) electrons. The molecule has 4 rings (SSSR count). The number of hydrogen-bond donors (Lipinski definition) is 1. The highest BCUT2D eigenvalue weighted by Gasteiger charge is 2.36. The van der Waals surface area contributed by atoms with E-state index < -0.39 is 46.2 Å². The Balaban J connectivity index is 1.84. The maximum absolute atomic E-state index is 14.5. The van der Waals surface area contributed by atoms with E-state index in [4.69, 9.17) is 0 Å². The predicted molar refractivity (Wildman–Crippen MR) is 176 cm³/mol. The van der Waals surface area contributed by atoms with E-state index in [9.17, 15) is 31.2 Å². The Morgan fingerprint density at radius 1 is 0.830 bits per heavy atom. The van der Waals surface area contributed by atoms with Gasteiger partial charge in [-0.05, 0) is 61.7 Å². The average molecular weight is 666 g/mol. The third kappa shape index (κ3) is 9.22. The molecule has 0 aliphatic carbocycles. The third-order valence-corrected chi connectivity index (χ3v) is 9.57. The van der Waals surface area contributed by atoms with Crippen LogP contribution in [0.25, 0.3) is 0 Å². The van der Waals surface area contributed by atoms with Crippen molar-refractivity contribution >= 4 is 27.5 Å². The van der Waals surface area contributed by atoms with Crippen molar-refractivity contribution in [2.24, 2.45) is 0 Å². The molecule has 0 aliphatic heterocycles. The van der Waals surface area contributed by atoms with Gasteiger partial charge < -0.3 is 10.2 Å². The van der Waals surface area contributed by atoms with Gasteiger partial charge in [0.2, 0.25) is 11.8 Å². The van der Waals surface area contributed by atoms with Crippen LogP contribution in [0, 0.1) is 6.92 Å². The van der Waals surface area contributed by atoms with Crippen molar-refractivity contribution in [2.75, 3.05) is 10.8 Å². The van der Waals surface area contributed by atoms with E-state index in [-0.39, 0.29) is 29.6 Å². The summed E-state index contributed by atoms with van der Waals surface area (Å²) in [5.74, 6) is -1.19. The molecular weight excluding hydrogens is 627 g/mol. The highest BCUT2D eigenvalue weighted by Crippen LogP contribution is 2.33. The number of alkyl halides is 3. The standard InChI is InChI=1S/C36H38F3N3O4S/c1-4-27(3)40-35(44)33(22-28-14-7-5-8-15-28)41(24-29-16-11-13-26(2)21-29)34(43)25-42(47(45,46)32-19-9-6-10-20-32)31-18-12-17-30(23-31)36(37,38)39/h5-21,23,27,33H,4,22,24-25H2,1-3H3,(H,40,44)/t27-,33-/m0/s1. The van der Waals surface area contributed by atoms with Crippen LogP contribution in [-0.2, 0) is 38.8 Å². The van der Waals surface area contributed by atoms with Gasteiger partial charge in [-0.2, -0.15) is 13.2 Å². The zero-order valence-corrected chi connectivity index (χ0v) is 27.3. The maximum atomic E-state index is 14.5. The molecule has 11 heteroatoms. The van der Waals surface area contributed by atoms with Crippen molar-refractivity contribution < 1.29 is 31.2 Å². The number of halogens is 3. The van der Waals surface area contributed by atoms with E-state index in [1.165, 1.54) is 35.2 Å². The topological polar surface area (TPSA) is 86.8 Å². The molecule has 2 amide bonds. The second-order valence-corrected chi connectivity index (χ2v) is 13.3. The Hall–Kier alpha value is -4.64. The lowest BCUT2D eigenvalue weighted by atomic mass is 10.0. The zero-order chi connectivity index (χ0) is 34.2. The summed E-state index contributed by atoms with van der Waals surface area (Å²) in [7, 11) is -4.53. The molecule has 0 fully saturated rings. The molecule has 47 heavy (non-hydrogen) atoms. The number of nitrogens with one attached hydrogen (secondary N) is 1. The van der Waals surface area contributed by atoms with Gasteiger partial charge in [-0.15, -0.1) is 0 Å². The monoisotopic (exact) mass is 665 g/mol. The van der Waals surface area contributed by atoms with Crippen molar-refractivity contribution in [3.63, 3.8) is 0 Å². The van der Waals surface area contributed by atoms with Gasteiger partial charge in [-0.1, -0.05) is 91.3 Å². The van der Waals surface area contributed by atoms with Crippen molar-refractivity contribution in [3.8, 4) is 0 Å². The molecule has 4 aromatic rings. The first-order valence-electron chi connectivity index (χ1n) is 15.2. The largest absolute Gasteiger partial charge is 0.416 e. The Bertz CT molecular complexity index is 1770. The van der Waals surface area contributed by atoms with E-state index >= 15 is 0 Å². The van der Waals surface area contributed by atoms with E-state index in [1.807, 2.05) is 69.3 Å². The van der Waals surface area contributed by atoms with Crippen LogP contribution < -0.4 is 9.62 Å². The summed E-state index contributed by atoms with van der Waals surface area (Å²) in [5.41, 5.74) is 0.976. The summed E-state index contributed by atoms with van der Waals surface area (Å²) in [6, 6.07) is 26.2. The number of carbonyl (C=O) groups excluding carboxylic acids is 2. The second-order valence-electron chi connectivity index (χ2n) is 11.4. The van der Waals surface area contributed by atoms with Gasteiger partial charge in [-0.25, -0.2) is 8.42 Å². The van der Waals surface area contributed by atoms with Gasteiger partial charge in [0.25, 0.3) is 10.0 Å². The van der Waals surface area contributed by atoms with Crippen LogP contribution >= 0.6 is 0 Å². The molecule has 0 saturated heterocycles. The fourth-order valence-electron chi connectivity index (χ4n) is 5.09. The van der Waals surface area contributed by atoms with Crippen LogP contribution in [0.3, 0.4) is 0 Å². The molecule has 7 nitrogen and oxygen atoms in total. The van der Waals surface area contributed by atoms with Crippen LogP contribution in [0.15, 0.2) is 114 Å². The number of anilines is 1. The minimum Gasteiger partial charge on any atom is -0.352 e. The number of aryl methyl sites for hydroxylation is 1. The first-order valence-corrected chi connectivity index (χ1v) is 16.7. The first kappa shape index (κ1) is 35.2. The maximum Gasteiger partial charge on any atom is 0.416 e. The lowest BCUT2D eigenvalue weighted by Crippen LogP contribution is -2.54. The number of carbonyl (C=O) groups is 2. The van der Waals surface area contributed by atoms with E-state index in [1.54, 1.807) is 12.1 Å². The summed E-state index contributed by atoms with van der Waals surface area (Å²) < 4.78 is 70.0. The number of amides is 2. The second kappa shape index (κ2) is 15.3. The number of sulfonamides is 1. The lowest BCUT2D eigenvalue weighted by molar-refractivity contribution is -0.140. The smallest absolute Gasteiger partial charge is 0.352 e. The molecule has 0 unspecified atom stereocenters. The minimum atomic E-state index is -4.76. The molecular formula is C36H38F3N3O4S. The summed E-state index contributed by atoms with van der Waals surface area (Å²) >= 11 is 0. The number of rotatable bonds is 13. The van der Waals surface area contributed by atoms with Crippen LogP contribution in [0.1, 0.15) is 42.5 Å². The summed E-state index contributed by atoms with van der Waals surface area (Å²) in [6.07, 6.45) is -4.00. The summed E-state index contributed by atoms with van der Waals surface area (Å²) in [5, 5.41) is 2.96. The summed E-state index contributed by atoms with van der Waals surface area (Å²) in [4.78, 5) is 29.5. The molecule has 1 N–H and O–H groups in total. The van der Waals surface area contributed by atoms with Crippen LogP contribution in [-0.4, -0.2) is 43.8 Å². The third-order valence-electron chi connectivity index (χ3n) is 7.78. The van der Waals surface area contributed by atoms with Gasteiger partial charge in [0.1, 0.15) is 12.6 Å². The van der Waals surface area contributed by atoms with Gasteiger partial charge in [0.15, 0.2) is 0 Å². The lowest BCUT2D eigenvalue weighted by Gasteiger charge is -2.34. The van der Waals surface area contributed by atoms with E-state index in [0.29, 0.717) is 22.4 Å². The quantitative estimate of drug-likeness (QED) is 0.171. The van der Waals surface area contributed by atoms with Crippen molar-refractivity contribution in [2.45, 2.75) is 63.3 Å². The zero-order valence-electron chi connectivity index (χ0n) is 26.4. The molecule has 0 aromatic heterocycles. The van der Waals surface area contributed by atoms with Crippen molar-refractivity contribution in [1.82, 2.24) is 10.2 Å². The molecule has 0 heterocycles. The predicted octanol–water partition coefficient (Wildman–Crippen LogP) is 6.76. The number of hydrogen-bond acceptors (Lipinski definition) is 4. The first-order chi connectivity index (χ1) is 22.3. The van der Waals surface area contributed by atoms with E-state index in [0.717, 1.165) is 23.3 Å². The molecule has 0 spiro atoms. The van der Waals surface area contributed by atoms with E-state index in [2.05, 4.69) is 5.32 Å². The van der Waals surface area contributed by atoms with Gasteiger partial charge in [-0.3, -0.25) is 13.9 Å². The molecule has 248 valence electrons. The Labute approximate surface area is 274 Å². The normalized spacial score (nSPS) is 13.0. The van der Waals surface area contributed by atoms with Crippen LogP contribution in [0.2, 0.25) is 0 Å². The Morgan fingerprint density at radius 2 is 1.45 bits per heavy atom. The average Bonchev–Trinajstić information content (AvgIpc) is 3.05. The van der Waals surface area contributed by atoms with Gasteiger partial charge >= 0.3 is 6.18 Å². The molecule has 0 bridgehead atoms. The number of benzene rings is 4. The van der Waals surface area contributed by atoms with Gasteiger partial charge in [0.05, 0.1) is 16.1 Å².